The Hall–Kier alpha value is -1.90. The first-order valence-corrected chi connectivity index (χ1v) is 11.0. The molecule has 162 valence electrons. The van der Waals surface area contributed by atoms with Gasteiger partial charge >= 0.3 is 0 Å². The van der Waals surface area contributed by atoms with Crippen LogP contribution < -0.4 is 15.5 Å². The summed E-state index contributed by atoms with van der Waals surface area (Å²) >= 11 is 0. The number of guanidine groups is 1. The fourth-order valence-electron chi connectivity index (χ4n) is 3.61. The molecule has 0 radical (unpaired) electrons. The van der Waals surface area contributed by atoms with Crippen LogP contribution in [0.3, 0.4) is 0 Å². The molecule has 0 atom stereocenters. The summed E-state index contributed by atoms with van der Waals surface area (Å²) in [5, 5.41) is 6.81. The summed E-state index contributed by atoms with van der Waals surface area (Å²) in [5.41, 5.74) is 1.19. The first-order chi connectivity index (χ1) is 14.2. The van der Waals surface area contributed by atoms with E-state index in [-0.39, 0.29) is 0 Å². The highest BCUT2D eigenvalue weighted by Gasteiger charge is 2.15. The molecule has 2 N–H and O–H groups in total. The van der Waals surface area contributed by atoms with Crippen LogP contribution in [-0.4, -0.2) is 99.9 Å². The molecule has 0 saturated carbocycles. The lowest BCUT2D eigenvalue weighted by molar-refractivity contribution is 0.0376. The smallest absolute Gasteiger partial charge is 0.191 e. The van der Waals surface area contributed by atoms with E-state index < -0.39 is 0 Å². The van der Waals surface area contributed by atoms with E-state index in [9.17, 15) is 0 Å². The summed E-state index contributed by atoms with van der Waals surface area (Å²) in [6.07, 6.45) is 3.01. The summed E-state index contributed by atoms with van der Waals surface area (Å²) in [5.74, 6) is 1.95. The van der Waals surface area contributed by atoms with Gasteiger partial charge in [-0.15, -0.1) is 0 Å². The Kier molecular flexibility index (Phi) is 8.98. The normalized spacial score (nSPS) is 19.4. The summed E-state index contributed by atoms with van der Waals surface area (Å²) in [6.45, 7) is 13.7. The van der Waals surface area contributed by atoms with E-state index >= 15 is 0 Å². The molecule has 1 aromatic rings. The highest BCUT2D eigenvalue weighted by molar-refractivity contribution is 5.79. The maximum atomic E-state index is 5.41. The SMILES string of the molecule is CCNC(=NCc1ccnc(N2CCN(C)CC2)c1)NCCCN1CCOCC1. The van der Waals surface area contributed by atoms with Gasteiger partial charge in [-0.2, -0.15) is 0 Å². The number of morpholine rings is 1. The van der Waals surface area contributed by atoms with Crippen LogP contribution in [0.5, 0.6) is 0 Å². The number of aromatic nitrogens is 1. The van der Waals surface area contributed by atoms with E-state index in [1.165, 1.54) is 5.56 Å². The minimum absolute atomic E-state index is 0.655. The van der Waals surface area contributed by atoms with Crippen LogP contribution in [-0.2, 0) is 11.3 Å². The van der Waals surface area contributed by atoms with E-state index in [0.29, 0.717) is 6.54 Å². The number of rotatable bonds is 8. The first-order valence-electron chi connectivity index (χ1n) is 11.0. The summed E-state index contributed by atoms with van der Waals surface area (Å²) in [7, 11) is 2.17. The third-order valence-corrected chi connectivity index (χ3v) is 5.45. The molecule has 0 aliphatic carbocycles. The van der Waals surface area contributed by atoms with Gasteiger partial charge in [0.25, 0.3) is 0 Å². The molecule has 8 nitrogen and oxygen atoms in total. The molecule has 0 spiro atoms. The van der Waals surface area contributed by atoms with Crippen molar-refractivity contribution in [3.8, 4) is 0 Å². The van der Waals surface area contributed by atoms with Gasteiger partial charge in [0, 0.05) is 58.6 Å². The minimum atomic E-state index is 0.655. The maximum absolute atomic E-state index is 5.41. The van der Waals surface area contributed by atoms with Gasteiger partial charge in [0.05, 0.1) is 19.8 Å². The molecule has 2 saturated heterocycles. The van der Waals surface area contributed by atoms with E-state index in [4.69, 9.17) is 9.73 Å². The van der Waals surface area contributed by atoms with Crippen molar-refractivity contribution in [2.45, 2.75) is 19.9 Å². The predicted molar refractivity (Wildman–Crippen MR) is 119 cm³/mol. The van der Waals surface area contributed by atoms with Crippen molar-refractivity contribution in [2.75, 3.05) is 84.1 Å². The van der Waals surface area contributed by atoms with E-state index in [0.717, 1.165) is 90.3 Å². The van der Waals surface area contributed by atoms with E-state index in [1.807, 2.05) is 6.20 Å². The van der Waals surface area contributed by atoms with Crippen LogP contribution in [0, 0.1) is 0 Å². The fourth-order valence-corrected chi connectivity index (χ4v) is 3.61. The molecule has 0 unspecified atom stereocenters. The zero-order valence-electron chi connectivity index (χ0n) is 18.1. The standard InChI is InChI=1S/C21H37N7O/c1-3-22-21(24-6-4-8-27-13-15-29-16-14-27)25-18-19-5-7-23-20(17-19)28-11-9-26(2)10-12-28/h5,7,17H,3-4,6,8-16,18H2,1-2H3,(H2,22,24,25). The van der Waals surface area contributed by atoms with Gasteiger partial charge in [-0.25, -0.2) is 9.98 Å². The van der Waals surface area contributed by atoms with Crippen molar-refractivity contribution in [2.24, 2.45) is 4.99 Å². The van der Waals surface area contributed by atoms with Gasteiger partial charge in [0.1, 0.15) is 5.82 Å². The van der Waals surface area contributed by atoms with Crippen molar-refractivity contribution in [1.82, 2.24) is 25.4 Å². The molecule has 8 heteroatoms. The highest BCUT2D eigenvalue weighted by atomic mass is 16.5. The monoisotopic (exact) mass is 403 g/mol. The summed E-state index contributed by atoms with van der Waals surface area (Å²) < 4.78 is 5.41. The number of nitrogens with one attached hydrogen (secondary N) is 2. The lowest BCUT2D eigenvalue weighted by atomic mass is 10.2. The van der Waals surface area contributed by atoms with Crippen LogP contribution in [0.2, 0.25) is 0 Å². The van der Waals surface area contributed by atoms with Crippen LogP contribution in [0.4, 0.5) is 5.82 Å². The predicted octanol–water partition coefficient (Wildman–Crippen LogP) is 0.611. The average molecular weight is 404 g/mol. The molecule has 2 aliphatic heterocycles. The number of pyridine rings is 1. The number of hydrogen-bond acceptors (Lipinski definition) is 6. The Balaban J connectivity index is 1.46. The van der Waals surface area contributed by atoms with Gasteiger partial charge in [-0.05, 0) is 44.6 Å². The Morgan fingerprint density at radius 2 is 1.93 bits per heavy atom. The van der Waals surface area contributed by atoms with Crippen molar-refractivity contribution < 1.29 is 4.74 Å². The van der Waals surface area contributed by atoms with Crippen LogP contribution in [0.1, 0.15) is 18.9 Å². The summed E-state index contributed by atoms with van der Waals surface area (Å²) in [4.78, 5) is 16.5. The van der Waals surface area contributed by atoms with Crippen molar-refractivity contribution in [1.29, 1.82) is 0 Å². The number of anilines is 1. The van der Waals surface area contributed by atoms with Gasteiger partial charge in [0.15, 0.2) is 5.96 Å². The van der Waals surface area contributed by atoms with Gasteiger partial charge in [0.2, 0.25) is 0 Å². The molecule has 29 heavy (non-hydrogen) atoms. The topological polar surface area (TPSA) is 68.3 Å². The molecule has 0 amide bonds. The van der Waals surface area contributed by atoms with Gasteiger partial charge in [-0.1, -0.05) is 0 Å². The highest BCUT2D eigenvalue weighted by Crippen LogP contribution is 2.15. The molecule has 2 aliphatic rings. The van der Waals surface area contributed by atoms with Crippen molar-refractivity contribution in [3.05, 3.63) is 23.9 Å². The number of piperazine rings is 1. The Labute approximate surface area is 175 Å². The average Bonchev–Trinajstić information content (AvgIpc) is 2.76. The second-order valence-electron chi connectivity index (χ2n) is 7.74. The van der Waals surface area contributed by atoms with Gasteiger partial charge < -0.3 is 25.2 Å². The second-order valence-corrected chi connectivity index (χ2v) is 7.74. The minimum Gasteiger partial charge on any atom is -0.379 e. The number of ether oxygens (including phenoxy) is 1. The number of likely N-dealkylation sites (N-methyl/N-ethyl adjacent to an activating group) is 1. The van der Waals surface area contributed by atoms with E-state index in [2.05, 4.69) is 56.4 Å². The molecule has 0 bridgehead atoms. The van der Waals surface area contributed by atoms with Crippen LogP contribution in [0.15, 0.2) is 23.3 Å². The third kappa shape index (κ3) is 7.45. The lowest BCUT2D eigenvalue weighted by Gasteiger charge is -2.33. The number of hydrogen-bond donors (Lipinski definition) is 2. The molecule has 3 heterocycles. The Morgan fingerprint density at radius 3 is 2.69 bits per heavy atom. The number of nitrogens with zero attached hydrogens (tertiary/aromatic N) is 5. The number of aliphatic imine (C=N–C) groups is 1. The third-order valence-electron chi connectivity index (χ3n) is 5.45. The van der Waals surface area contributed by atoms with Crippen molar-refractivity contribution >= 4 is 11.8 Å². The Bertz CT molecular complexity index is 625. The molecular formula is C21H37N7O. The zero-order valence-corrected chi connectivity index (χ0v) is 18.1. The zero-order chi connectivity index (χ0) is 20.3. The van der Waals surface area contributed by atoms with Crippen molar-refractivity contribution in [3.63, 3.8) is 0 Å². The van der Waals surface area contributed by atoms with E-state index in [1.54, 1.807) is 0 Å². The Morgan fingerprint density at radius 1 is 1.14 bits per heavy atom. The molecule has 1 aromatic heterocycles. The second kappa shape index (κ2) is 11.9. The molecule has 3 rings (SSSR count). The quantitative estimate of drug-likeness (QED) is 0.374. The molecule has 2 fully saturated rings. The largest absolute Gasteiger partial charge is 0.379 e. The van der Waals surface area contributed by atoms with Crippen LogP contribution >= 0.6 is 0 Å². The summed E-state index contributed by atoms with van der Waals surface area (Å²) in [6, 6.07) is 4.24. The molecule has 0 aromatic carbocycles. The lowest BCUT2D eigenvalue weighted by Crippen LogP contribution is -2.44. The van der Waals surface area contributed by atoms with Crippen LogP contribution in [0.25, 0.3) is 0 Å². The first kappa shape index (κ1) is 21.8. The maximum Gasteiger partial charge on any atom is 0.191 e. The van der Waals surface area contributed by atoms with Gasteiger partial charge in [-0.3, -0.25) is 4.90 Å². The fraction of sp³-hybridized carbons (Fsp3) is 0.714. The molecular weight excluding hydrogens is 366 g/mol.